The zero-order chi connectivity index (χ0) is 14.7. The highest BCUT2D eigenvalue weighted by molar-refractivity contribution is 7.60. The first-order valence-electron chi connectivity index (χ1n) is 8.13. The maximum Gasteiger partial charge on any atom is -0.0141 e. The van der Waals surface area contributed by atoms with E-state index in [1.807, 2.05) is 0 Å². The van der Waals surface area contributed by atoms with Gasteiger partial charge >= 0.3 is 0 Å². The Morgan fingerprint density at radius 3 is 2.26 bits per heavy atom. The van der Waals surface area contributed by atoms with E-state index in [9.17, 15) is 0 Å². The highest BCUT2D eigenvalue weighted by Crippen LogP contribution is 2.61. The minimum atomic E-state index is 0.247. The van der Waals surface area contributed by atoms with Crippen LogP contribution in [0, 0.1) is 5.41 Å². The first-order chi connectivity index (χ1) is 8.61. The number of rotatable bonds is 5. The first kappa shape index (κ1) is 17.9. The number of hydrogen-bond acceptors (Lipinski definition) is 0. The van der Waals surface area contributed by atoms with Gasteiger partial charge < -0.3 is 0 Å². The molecule has 0 amide bonds. The van der Waals surface area contributed by atoms with Gasteiger partial charge in [-0.15, -0.1) is 9.24 Å². The second-order valence-electron chi connectivity index (χ2n) is 8.54. The van der Waals surface area contributed by atoms with Gasteiger partial charge in [0, 0.05) is 0 Å². The van der Waals surface area contributed by atoms with Gasteiger partial charge in [-0.1, -0.05) is 62.3 Å². The third-order valence-corrected chi connectivity index (χ3v) is 9.45. The summed E-state index contributed by atoms with van der Waals surface area (Å²) in [6.07, 6.45) is 10.2. The molecule has 1 saturated heterocycles. The van der Waals surface area contributed by atoms with Crippen LogP contribution < -0.4 is 0 Å². The fourth-order valence-electron chi connectivity index (χ4n) is 3.30. The van der Waals surface area contributed by atoms with Gasteiger partial charge in [0.25, 0.3) is 0 Å². The van der Waals surface area contributed by atoms with E-state index < -0.39 is 0 Å². The molecule has 0 aliphatic carbocycles. The quantitative estimate of drug-likeness (QED) is 0.414. The summed E-state index contributed by atoms with van der Waals surface area (Å²) in [5.41, 5.74) is 2.42. The van der Waals surface area contributed by atoms with Crippen LogP contribution in [0.15, 0.2) is 0 Å². The van der Waals surface area contributed by atoms with Crippen LogP contribution in [0.5, 0.6) is 0 Å². The maximum absolute atomic E-state index is 3.20. The molecule has 2 unspecified atom stereocenters. The van der Waals surface area contributed by atoms with E-state index in [0.29, 0.717) is 10.6 Å². The standard InChI is InChI=1S/C17H36P2/c1-16(2,3)12-8-7-10-14(18)15-11-9-13-19(15)17(4,5)6/h14-15H,7-13,18H2,1-6H3/t14-,15-,19?/m1/s1. The predicted octanol–water partition coefficient (Wildman–Crippen LogP) is 6.28. The summed E-state index contributed by atoms with van der Waals surface area (Å²) in [6, 6.07) is 0. The molecule has 2 heteroatoms. The highest BCUT2D eigenvalue weighted by Gasteiger charge is 2.37. The molecule has 0 saturated carbocycles. The molecule has 0 aromatic carbocycles. The van der Waals surface area contributed by atoms with Gasteiger partial charge in [-0.05, 0) is 53.7 Å². The van der Waals surface area contributed by atoms with Crippen LogP contribution in [-0.4, -0.2) is 22.6 Å². The summed E-state index contributed by atoms with van der Waals surface area (Å²) >= 11 is 0. The van der Waals surface area contributed by atoms with Gasteiger partial charge in [0.05, 0.1) is 0 Å². The van der Waals surface area contributed by atoms with Crippen LogP contribution in [0.4, 0.5) is 0 Å². The molecule has 19 heavy (non-hydrogen) atoms. The lowest BCUT2D eigenvalue weighted by atomic mass is 9.89. The summed E-state index contributed by atoms with van der Waals surface area (Å²) < 4.78 is 0. The van der Waals surface area contributed by atoms with Gasteiger partial charge in [-0.2, -0.15) is 0 Å². The van der Waals surface area contributed by atoms with E-state index in [-0.39, 0.29) is 7.92 Å². The molecule has 1 fully saturated rings. The van der Waals surface area contributed by atoms with Gasteiger partial charge in [-0.25, -0.2) is 0 Å². The molecule has 0 radical (unpaired) electrons. The van der Waals surface area contributed by atoms with Gasteiger partial charge in [0.15, 0.2) is 0 Å². The van der Waals surface area contributed by atoms with Crippen molar-refractivity contribution in [2.45, 2.75) is 96.5 Å². The van der Waals surface area contributed by atoms with Crippen molar-refractivity contribution >= 4 is 17.2 Å². The molecule has 4 atom stereocenters. The van der Waals surface area contributed by atoms with E-state index in [4.69, 9.17) is 0 Å². The van der Waals surface area contributed by atoms with Gasteiger partial charge in [-0.3, -0.25) is 0 Å². The van der Waals surface area contributed by atoms with Gasteiger partial charge in [0.2, 0.25) is 0 Å². The zero-order valence-corrected chi connectivity index (χ0v) is 16.2. The normalized spacial score (nSPS) is 26.7. The van der Waals surface area contributed by atoms with Crippen LogP contribution in [0.25, 0.3) is 0 Å². The molecule has 0 N–H and O–H groups in total. The van der Waals surface area contributed by atoms with E-state index >= 15 is 0 Å². The maximum atomic E-state index is 3.20. The molecule has 0 nitrogen and oxygen atoms in total. The molecule has 0 aromatic heterocycles. The van der Waals surface area contributed by atoms with Crippen molar-refractivity contribution in [2.75, 3.05) is 6.16 Å². The second kappa shape index (κ2) is 7.22. The lowest BCUT2D eigenvalue weighted by Crippen LogP contribution is -2.24. The number of hydrogen-bond donors (Lipinski definition) is 0. The third-order valence-electron chi connectivity index (χ3n) is 4.37. The Hall–Kier alpha value is 0.860. The van der Waals surface area contributed by atoms with E-state index in [2.05, 4.69) is 50.8 Å². The molecule has 0 bridgehead atoms. The Bertz CT molecular complexity index is 259. The summed E-state index contributed by atoms with van der Waals surface area (Å²) in [5.74, 6) is 0. The lowest BCUT2D eigenvalue weighted by molar-refractivity contribution is 0.357. The van der Waals surface area contributed by atoms with E-state index in [1.165, 1.54) is 44.7 Å². The monoisotopic (exact) mass is 302 g/mol. The van der Waals surface area contributed by atoms with Crippen molar-refractivity contribution in [1.82, 2.24) is 0 Å². The average Bonchev–Trinajstić information content (AvgIpc) is 2.71. The molecular weight excluding hydrogens is 266 g/mol. The third kappa shape index (κ3) is 6.44. The van der Waals surface area contributed by atoms with Crippen LogP contribution in [0.3, 0.4) is 0 Å². The Morgan fingerprint density at radius 2 is 1.74 bits per heavy atom. The molecule has 1 aliphatic heterocycles. The Morgan fingerprint density at radius 1 is 1.11 bits per heavy atom. The summed E-state index contributed by atoms with van der Waals surface area (Å²) in [7, 11) is 3.45. The summed E-state index contributed by atoms with van der Waals surface area (Å²) in [5, 5.41) is 0.566. The fraction of sp³-hybridized carbons (Fsp3) is 1.00. The van der Waals surface area contributed by atoms with Crippen molar-refractivity contribution in [3.05, 3.63) is 0 Å². The molecule has 114 valence electrons. The number of unbranched alkanes of at least 4 members (excludes halogenated alkanes) is 1. The topological polar surface area (TPSA) is 0 Å². The van der Waals surface area contributed by atoms with Crippen LogP contribution in [-0.2, 0) is 0 Å². The second-order valence-corrected chi connectivity index (χ2v) is 12.8. The summed E-state index contributed by atoms with van der Waals surface area (Å²) in [6.45, 7) is 14.5. The lowest BCUT2D eigenvalue weighted by Gasteiger charge is -2.36. The van der Waals surface area contributed by atoms with Crippen molar-refractivity contribution in [1.29, 1.82) is 0 Å². The Labute approximate surface area is 125 Å². The molecule has 0 spiro atoms. The van der Waals surface area contributed by atoms with Crippen molar-refractivity contribution in [3.63, 3.8) is 0 Å². The Kier molecular flexibility index (Phi) is 6.81. The SMILES string of the molecule is CC(C)(C)CCCC[C@@H](P)[C@H]1CCCP1C(C)(C)C. The largest absolute Gasteiger partial charge is 0.134 e. The first-order valence-corrected chi connectivity index (χ1v) is 10.4. The molecule has 0 aromatic rings. The minimum Gasteiger partial charge on any atom is -0.134 e. The van der Waals surface area contributed by atoms with E-state index in [1.54, 1.807) is 0 Å². The average molecular weight is 302 g/mol. The minimum absolute atomic E-state index is 0.247. The summed E-state index contributed by atoms with van der Waals surface area (Å²) in [4.78, 5) is 0. The van der Waals surface area contributed by atoms with Crippen LogP contribution in [0.2, 0.25) is 0 Å². The molecule has 1 heterocycles. The fourth-order valence-corrected chi connectivity index (χ4v) is 7.98. The van der Waals surface area contributed by atoms with Crippen molar-refractivity contribution in [3.8, 4) is 0 Å². The zero-order valence-electron chi connectivity index (χ0n) is 14.1. The Balaban J connectivity index is 2.35. The van der Waals surface area contributed by atoms with E-state index in [0.717, 1.165) is 11.3 Å². The van der Waals surface area contributed by atoms with Gasteiger partial charge in [0.1, 0.15) is 0 Å². The molecule has 1 aliphatic rings. The van der Waals surface area contributed by atoms with Crippen LogP contribution >= 0.6 is 17.2 Å². The predicted molar refractivity (Wildman–Crippen MR) is 96.0 cm³/mol. The molecule has 1 rings (SSSR count). The molecular formula is C17H36P2. The van der Waals surface area contributed by atoms with Crippen molar-refractivity contribution < 1.29 is 0 Å². The van der Waals surface area contributed by atoms with Crippen molar-refractivity contribution in [2.24, 2.45) is 5.41 Å². The highest BCUT2D eigenvalue weighted by atomic mass is 31.1. The van der Waals surface area contributed by atoms with Crippen LogP contribution in [0.1, 0.15) is 80.1 Å². The smallest absolute Gasteiger partial charge is 0.0141 e.